The Morgan fingerprint density at radius 2 is 1.87 bits per heavy atom. The molecule has 0 N–H and O–H groups in total. The zero-order valence-electron chi connectivity index (χ0n) is 18.1. The number of carbonyl (C=O) groups excluding carboxylic acids is 1. The largest absolute Gasteiger partial charge is 0.462 e. The standard InChI is InChI=1S/C27H27NO3/c1-3-30-27(29)24-18-16-22(17-19-24)11-7-8-14-25-21(2)10-9-15-26(25)28-31-20-23-12-5-4-6-13-23/h4-6,8,12-14,16-19H,3,9-10,15,20H2,1-2H3/b14-8+,28-26+. The molecular weight excluding hydrogens is 386 g/mol. The average molecular weight is 414 g/mol. The summed E-state index contributed by atoms with van der Waals surface area (Å²) >= 11 is 0. The summed E-state index contributed by atoms with van der Waals surface area (Å²) < 4.78 is 4.99. The highest BCUT2D eigenvalue weighted by molar-refractivity contribution is 6.03. The van der Waals surface area contributed by atoms with Gasteiger partial charge < -0.3 is 9.57 Å². The normalized spacial score (nSPS) is 15.0. The topological polar surface area (TPSA) is 47.9 Å². The van der Waals surface area contributed by atoms with Gasteiger partial charge in [-0.3, -0.25) is 0 Å². The Kier molecular flexibility index (Phi) is 8.25. The highest BCUT2D eigenvalue weighted by atomic mass is 16.6. The van der Waals surface area contributed by atoms with Crippen molar-refractivity contribution in [1.29, 1.82) is 0 Å². The van der Waals surface area contributed by atoms with Crippen molar-refractivity contribution in [2.24, 2.45) is 5.16 Å². The SMILES string of the molecule is CCOC(=O)c1ccc(C#C/C=C/C2=C(C)CCC/C2=N\OCc2ccccc2)cc1. The maximum Gasteiger partial charge on any atom is 0.338 e. The lowest BCUT2D eigenvalue weighted by molar-refractivity contribution is 0.0526. The fourth-order valence-corrected chi connectivity index (χ4v) is 3.28. The molecule has 0 saturated carbocycles. The molecule has 0 aromatic heterocycles. The molecule has 0 saturated heterocycles. The Hall–Kier alpha value is -3.58. The van der Waals surface area contributed by atoms with E-state index in [0.29, 0.717) is 18.8 Å². The van der Waals surface area contributed by atoms with Gasteiger partial charge >= 0.3 is 5.97 Å². The van der Waals surface area contributed by atoms with Gasteiger partial charge in [0.1, 0.15) is 6.61 Å². The first-order chi connectivity index (χ1) is 15.2. The van der Waals surface area contributed by atoms with Crippen molar-refractivity contribution in [3.63, 3.8) is 0 Å². The van der Waals surface area contributed by atoms with E-state index in [1.807, 2.05) is 54.6 Å². The molecule has 158 valence electrons. The Labute approximate surface area is 184 Å². The van der Waals surface area contributed by atoms with Gasteiger partial charge in [0.15, 0.2) is 0 Å². The third-order valence-electron chi connectivity index (χ3n) is 4.93. The second-order valence-corrected chi connectivity index (χ2v) is 7.25. The summed E-state index contributed by atoms with van der Waals surface area (Å²) in [5.74, 6) is 5.85. The van der Waals surface area contributed by atoms with Crippen molar-refractivity contribution in [1.82, 2.24) is 0 Å². The highest BCUT2D eigenvalue weighted by Crippen LogP contribution is 2.24. The number of carbonyl (C=O) groups is 1. The lowest BCUT2D eigenvalue weighted by atomic mass is 9.91. The number of ether oxygens (including phenoxy) is 1. The molecule has 0 heterocycles. The number of nitrogens with zero attached hydrogens (tertiary/aromatic N) is 1. The molecule has 0 amide bonds. The van der Waals surface area contributed by atoms with Crippen LogP contribution in [0.15, 0.2) is 83.1 Å². The fraction of sp³-hybridized carbons (Fsp3) is 0.259. The molecule has 4 heteroatoms. The quantitative estimate of drug-likeness (QED) is 0.339. The van der Waals surface area contributed by atoms with Gasteiger partial charge in [0, 0.05) is 5.56 Å². The lowest BCUT2D eigenvalue weighted by Gasteiger charge is -2.17. The van der Waals surface area contributed by atoms with Crippen molar-refractivity contribution in [3.05, 3.63) is 94.6 Å². The van der Waals surface area contributed by atoms with E-state index in [0.717, 1.165) is 41.7 Å². The van der Waals surface area contributed by atoms with Crippen LogP contribution in [0, 0.1) is 11.8 Å². The Balaban J connectivity index is 1.64. The minimum absolute atomic E-state index is 0.317. The van der Waals surface area contributed by atoms with Gasteiger partial charge in [0.05, 0.1) is 17.9 Å². The molecule has 1 aliphatic rings. The van der Waals surface area contributed by atoms with Gasteiger partial charge in [0.2, 0.25) is 0 Å². The van der Waals surface area contributed by atoms with E-state index in [9.17, 15) is 4.79 Å². The van der Waals surface area contributed by atoms with Crippen LogP contribution in [0.25, 0.3) is 0 Å². The summed E-state index contributed by atoms with van der Waals surface area (Å²) in [6, 6.07) is 17.1. The van der Waals surface area contributed by atoms with Crippen LogP contribution in [0.3, 0.4) is 0 Å². The zero-order chi connectivity index (χ0) is 21.9. The maximum absolute atomic E-state index is 11.7. The first kappa shape index (κ1) is 22.1. The molecule has 0 bridgehead atoms. The van der Waals surface area contributed by atoms with Crippen molar-refractivity contribution >= 4 is 11.7 Å². The van der Waals surface area contributed by atoms with Gasteiger partial charge in [-0.1, -0.05) is 52.9 Å². The predicted molar refractivity (Wildman–Crippen MR) is 124 cm³/mol. The molecule has 4 nitrogen and oxygen atoms in total. The van der Waals surface area contributed by atoms with Gasteiger partial charge in [-0.15, -0.1) is 0 Å². The van der Waals surface area contributed by atoms with E-state index in [-0.39, 0.29) is 5.97 Å². The van der Waals surface area contributed by atoms with E-state index in [1.54, 1.807) is 19.1 Å². The van der Waals surface area contributed by atoms with Gasteiger partial charge in [0.25, 0.3) is 0 Å². The Morgan fingerprint density at radius 1 is 1.10 bits per heavy atom. The van der Waals surface area contributed by atoms with Crippen LogP contribution in [0.2, 0.25) is 0 Å². The molecule has 0 spiro atoms. The van der Waals surface area contributed by atoms with Crippen molar-refractivity contribution in [2.45, 2.75) is 39.7 Å². The average Bonchev–Trinajstić information content (AvgIpc) is 2.79. The number of hydrogen-bond donors (Lipinski definition) is 0. The van der Waals surface area contributed by atoms with E-state index in [2.05, 4.69) is 23.9 Å². The Morgan fingerprint density at radius 3 is 2.61 bits per heavy atom. The van der Waals surface area contributed by atoms with Crippen LogP contribution in [0.4, 0.5) is 0 Å². The van der Waals surface area contributed by atoms with Crippen LogP contribution < -0.4 is 0 Å². The first-order valence-electron chi connectivity index (χ1n) is 10.6. The molecular formula is C27H27NO3. The van der Waals surface area contributed by atoms with Crippen LogP contribution in [0.1, 0.15) is 54.6 Å². The molecule has 3 rings (SSSR count). The van der Waals surface area contributed by atoms with E-state index < -0.39 is 0 Å². The van der Waals surface area contributed by atoms with Crippen molar-refractivity contribution in [3.8, 4) is 11.8 Å². The number of benzene rings is 2. The smallest absolute Gasteiger partial charge is 0.338 e. The summed E-state index contributed by atoms with van der Waals surface area (Å²) in [7, 11) is 0. The van der Waals surface area contributed by atoms with E-state index in [1.165, 1.54) is 5.57 Å². The van der Waals surface area contributed by atoms with Crippen molar-refractivity contribution in [2.75, 3.05) is 6.61 Å². The van der Waals surface area contributed by atoms with Crippen molar-refractivity contribution < 1.29 is 14.4 Å². The van der Waals surface area contributed by atoms with Crippen LogP contribution in [0.5, 0.6) is 0 Å². The Bertz CT molecular complexity index is 1040. The molecule has 31 heavy (non-hydrogen) atoms. The number of hydrogen-bond acceptors (Lipinski definition) is 4. The molecule has 0 unspecified atom stereocenters. The first-order valence-corrected chi connectivity index (χ1v) is 10.6. The molecule has 0 radical (unpaired) electrons. The lowest BCUT2D eigenvalue weighted by Crippen LogP contribution is -2.10. The van der Waals surface area contributed by atoms with Gasteiger partial charge in [-0.25, -0.2) is 4.79 Å². The highest BCUT2D eigenvalue weighted by Gasteiger charge is 2.14. The molecule has 1 aliphatic carbocycles. The number of rotatable bonds is 6. The summed E-state index contributed by atoms with van der Waals surface area (Å²) in [6.45, 7) is 4.75. The maximum atomic E-state index is 11.7. The minimum atomic E-state index is -0.317. The second kappa shape index (κ2) is 11.6. The second-order valence-electron chi connectivity index (χ2n) is 7.25. The monoisotopic (exact) mass is 413 g/mol. The van der Waals surface area contributed by atoms with Gasteiger partial charge in [-0.2, -0.15) is 0 Å². The molecule has 0 fully saturated rings. The summed E-state index contributed by atoms with van der Waals surface area (Å²) in [6.07, 6.45) is 6.89. The summed E-state index contributed by atoms with van der Waals surface area (Å²) in [4.78, 5) is 17.3. The fourth-order valence-electron chi connectivity index (χ4n) is 3.28. The third-order valence-corrected chi connectivity index (χ3v) is 4.93. The third kappa shape index (κ3) is 6.72. The molecule has 0 aliphatic heterocycles. The molecule has 0 atom stereocenters. The molecule has 2 aromatic carbocycles. The predicted octanol–water partition coefficient (Wildman–Crippen LogP) is 5.84. The summed E-state index contributed by atoms with van der Waals surface area (Å²) in [5.41, 5.74) is 5.84. The van der Waals surface area contributed by atoms with E-state index >= 15 is 0 Å². The minimum Gasteiger partial charge on any atom is -0.462 e. The van der Waals surface area contributed by atoms with Crippen LogP contribution in [-0.4, -0.2) is 18.3 Å². The number of allylic oxidation sites excluding steroid dienone is 4. The number of esters is 1. The van der Waals surface area contributed by atoms with E-state index in [4.69, 9.17) is 9.57 Å². The van der Waals surface area contributed by atoms with Gasteiger partial charge in [-0.05, 0) is 80.7 Å². The number of oxime groups is 1. The molecule has 2 aromatic rings. The zero-order valence-corrected chi connectivity index (χ0v) is 18.1. The van der Waals surface area contributed by atoms with Crippen LogP contribution in [-0.2, 0) is 16.2 Å². The summed E-state index contributed by atoms with van der Waals surface area (Å²) in [5, 5.41) is 4.40. The van der Waals surface area contributed by atoms with Crippen LogP contribution >= 0.6 is 0 Å².